The fourth-order valence-corrected chi connectivity index (χ4v) is 3.85. The molecule has 1 atom stereocenters. The second kappa shape index (κ2) is 5.11. The molecule has 0 radical (unpaired) electrons. The lowest BCUT2D eigenvalue weighted by atomic mass is 9.93. The maximum absolute atomic E-state index is 5.08. The van der Waals surface area contributed by atoms with Gasteiger partial charge in [-0.3, -0.25) is 4.99 Å². The minimum absolute atomic E-state index is 0.534. The van der Waals surface area contributed by atoms with E-state index >= 15 is 0 Å². The molecule has 1 N–H and O–H groups in total. The number of nitrogens with one attached hydrogen (secondary N) is 1. The number of aliphatic imine (C=N–C) groups is 1. The van der Waals surface area contributed by atoms with E-state index in [9.17, 15) is 0 Å². The zero-order valence-electron chi connectivity index (χ0n) is 12.3. The number of thiophene rings is 1. The summed E-state index contributed by atoms with van der Waals surface area (Å²) in [4.78, 5) is 6.29. The summed E-state index contributed by atoms with van der Waals surface area (Å²) in [5.41, 5.74) is 3.99. The molecule has 22 heavy (non-hydrogen) atoms. The molecule has 108 valence electrons. The maximum atomic E-state index is 5.08. The van der Waals surface area contributed by atoms with E-state index in [-0.39, 0.29) is 0 Å². The summed E-state index contributed by atoms with van der Waals surface area (Å²) in [6.07, 6.45) is 0. The molecule has 0 bridgehead atoms. The third-order valence-electron chi connectivity index (χ3n) is 4.04. The molecule has 3 aromatic rings. The third kappa shape index (κ3) is 1.97. The third-order valence-corrected chi connectivity index (χ3v) is 5.02. The highest BCUT2D eigenvalue weighted by Crippen LogP contribution is 2.41. The highest BCUT2D eigenvalue weighted by atomic mass is 32.1. The lowest BCUT2D eigenvalue weighted by Gasteiger charge is -2.36. The molecule has 0 saturated heterocycles. The number of fused-ring (bicyclic) bond motifs is 1. The number of para-hydroxylation sites is 1. The van der Waals surface area contributed by atoms with Crippen LogP contribution in [0.2, 0.25) is 0 Å². The molecular formula is C19H16N2S. The molecule has 0 fully saturated rings. The Hall–Kier alpha value is -2.39. The second-order valence-electron chi connectivity index (χ2n) is 5.42. The molecule has 1 unspecified atom stereocenters. The van der Waals surface area contributed by atoms with E-state index in [4.69, 9.17) is 4.99 Å². The van der Waals surface area contributed by atoms with Crippen molar-refractivity contribution in [2.45, 2.75) is 12.6 Å². The van der Waals surface area contributed by atoms with Gasteiger partial charge in [-0.2, -0.15) is 0 Å². The number of rotatable bonds is 2. The fraction of sp³-hybridized carbons (Fsp3) is 0.105. The number of hydrogen-bond acceptors (Lipinski definition) is 3. The van der Waals surface area contributed by atoms with Gasteiger partial charge in [0.2, 0.25) is 0 Å². The van der Waals surface area contributed by atoms with Gasteiger partial charge in [-0.25, -0.2) is 0 Å². The Morgan fingerprint density at radius 1 is 0.909 bits per heavy atom. The molecule has 0 saturated carbocycles. The smallest absolute Gasteiger partial charge is 0.191 e. The highest BCUT2D eigenvalue weighted by Gasteiger charge is 2.38. The van der Waals surface area contributed by atoms with Crippen LogP contribution < -0.4 is 5.32 Å². The van der Waals surface area contributed by atoms with Crippen molar-refractivity contribution < 1.29 is 0 Å². The van der Waals surface area contributed by atoms with Gasteiger partial charge in [-0.05, 0) is 24.4 Å². The lowest BCUT2D eigenvalue weighted by Crippen LogP contribution is -2.38. The molecule has 1 aliphatic rings. The lowest BCUT2D eigenvalue weighted by molar-refractivity contribution is 0.633. The first kappa shape index (κ1) is 13.3. The van der Waals surface area contributed by atoms with Crippen LogP contribution in [0.25, 0.3) is 0 Å². The first-order valence-electron chi connectivity index (χ1n) is 7.33. The first-order valence-corrected chi connectivity index (χ1v) is 8.21. The van der Waals surface area contributed by atoms with Gasteiger partial charge in [0, 0.05) is 22.5 Å². The van der Waals surface area contributed by atoms with Crippen LogP contribution in [0.3, 0.4) is 0 Å². The van der Waals surface area contributed by atoms with E-state index in [0.717, 1.165) is 17.0 Å². The standard InChI is InChI=1S/C19H16N2S/c1-14-16-10-5-6-11-17(16)21-19(20-14,18-12-7-13-22-18)15-8-3-2-4-9-15/h2-13,21H,1H3. The first-order chi connectivity index (χ1) is 10.8. The Balaban J connectivity index is 1.97. The SMILES string of the molecule is CC1=NC(c2ccccc2)(c2cccs2)Nc2ccccc21. The van der Waals surface area contributed by atoms with Gasteiger partial charge >= 0.3 is 0 Å². The van der Waals surface area contributed by atoms with Gasteiger partial charge in [0.1, 0.15) is 0 Å². The molecule has 2 nitrogen and oxygen atoms in total. The van der Waals surface area contributed by atoms with E-state index in [1.807, 2.05) is 6.07 Å². The van der Waals surface area contributed by atoms with Crippen LogP contribution >= 0.6 is 11.3 Å². The summed E-state index contributed by atoms with van der Waals surface area (Å²) >= 11 is 1.73. The van der Waals surface area contributed by atoms with E-state index in [1.165, 1.54) is 10.4 Å². The van der Waals surface area contributed by atoms with Crippen molar-refractivity contribution in [3.63, 3.8) is 0 Å². The number of hydrogen-bond donors (Lipinski definition) is 1. The van der Waals surface area contributed by atoms with E-state index in [2.05, 4.69) is 78.3 Å². The average Bonchev–Trinajstić information content (AvgIpc) is 3.10. The molecular weight excluding hydrogens is 288 g/mol. The minimum atomic E-state index is -0.534. The molecule has 0 amide bonds. The van der Waals surface area contributed by atoms with Gasteiger partial charge in [0.15, 0.2) is 5.66 Å². The van der Waals surface area contributed by atoms with Crippen LogP contribution in [0.1, 0.15) is 22.9 Å². The second-order valence-corrected chi connectivity index (χ2v) is 6.37. The van der Waals surface area contributed by atoms with Crippen LogP contribution in [-0.4, -0.2) is 5.71 Å². The molecule has 1 aromatic heterocycles. The fourth-order valence-electron chi connectivity index (χ4n) is 3.00. The largest absolute Gasteiger partial charge is 0.353 e. The van der Waals surface area contributed by atoms with Crippen LogP contribution in [0, 0.1) is 0 Å². The highest BCUT2D eigenvalue weighted by molar-refractivity contribution is 7.10. The van der Waals surface area contributed by atoms with Gasteiger partial charge in [0.25, 0.3) is 0 Å². The van der Waals surface area contributed by atoms with Crippen LogP contribution in [0.15, 0.2) is 77.1 Å². The average molecular weight is 304 g/mol. The maximum Gasteiger partial charge on any atom is 0.191 e. The summed E-state index contributed by atoms with van der Waals surface area (Å²) in [7, 11) is 0. The van der Waals surface area contributed by atoms with Crippen LogP contribution in [0.4, 0.5) is 5.69 Å². The minimum Gasteiger partial charge on any atom is -0.353 e. The Kier molecular flexibility index (Phi) is 3.09. The molecule has 0 aliphatic carbocycles. The van der Waals surface area contributed by atoms with Gasteiger partial charge < -0.3 is 5.32 Å². The van der Waals surface area contributed by atoms with Crippen molar-refractivity contribution >= 4 is 22.7 Å². The van der Waals surface area contributed by atoms with Crippen molar-refractivity contribution in [3.05, 3.63) is 88.1 Å². The summed E-state index contributed by atoms with van der Waals surface area (Å²) in [5, 5.41) is 5.79. The molecule has 4 rings (SSSR count). The zero-order chi connectivity index (χ0) is 15.0. The zero-order valence-corrected chi connectivity index (χ0v) is 13.1. The Morgan fingerprint density at radius 2 is 1.68 bits per heavy atom. The predicted molar refractivity (Wildman–Crippen MR) is 93.8 cm³/mol. The summed E-state index contributed by atoms with van der Waals surface area (Å²) in [5.74, 6) is 0. The van der Waals surface area contributed by atoms with Crippen molar-refractivity contribution in [3.8, 4) is 0 Å². The van der Waals surface area contributed by atoms with Crippen molar-refractivity contribution in [2.75, 3.05) is 5.32 Å². The summed E-state index contributed by atoms with van der Waals surface area (Å²) in [6.45, 7) is 2.09. The number of benzene rings is 2. The topological polar surface area (TPSA) is 24.4 Å². The van der Waals surface area contributed by atoms with Gasteiger partial charge in [-0.1, -0.05) is 54.6 Å². The molecule has 1 aliphatic heterocycles. The normalized spacial score (nSPS) is 20.0. The number of nitrogens with zero attached hydrogens (tertiary/aromatic N) is 1. The van der Waals surface area contributed by atoms with E-state index in [0.29, 0.717) is 0 Å². The van der Waals surface area contributed by atoms with Crippen LogP contribution in [-0.2, 0) is 5.66 Å². The van der Waals surface area contributed by atoms with Crippen molar-refractivity contribution in [1.29, 1.82) is 0 Å². The summed E-state index contributed by atoms with van der Waals surface area (Å²) in [6, 6.07) is 23.0. The number of anilines is 1. The molecule has 3 heteroatoms. The van der Waals surface area contributed by atoms with Crippen molar-refractivity contribution in [2.24, 2.45) is 4.99 Å². The van der Waals surface area contributed by atoms with E-state index in [1.54, 1.807) is 11.3 Å². The van der Waals surface area contributed by atoms with Crippen LogP contribution in [0.5, 0.6) is 0 Å². The Morgan fingerprint density at radius 3 is 2.45 bits per heavy atom. The molecule has 0 spiro atoms. The summed E-state index contributed by atoms with van der Waals surface area (Å²) < 4.78 is 0. The quantitative estimate of drug-likeness (QED) is 0.716. The van der Waals surface area contributed by atoms with Crippen molar-refractivity contribution in [1.82, 2.24) is 0 Å². The Labute approximate surface area is 134 Å². The van der Waals surface area contributed by atoms with Gasteiger partial charge in [-0.15, -0.1) is 11.3 Å². The molecule has 2 aromatic carbocycles. The predicted octanol–water partition coefficient (Wildman–Crippen LogP) is 4.88. The van der Waals surface area contributed by atoms with E-state index < -0.39 is 5.66 Å². The Bertz CT molecular complexity index is 822. The van der Waals surface area contributed by atoms with Gasteiger partial charge in [0.05, 0.1) is 4.88 Å². The monoisotopic (exact) mass is 304 g/mol. The molecule has 2 heterocycles.